The van der Waals surface area contributed by atoms with Crippen molar-refractivity contribution in [2.24, 2.45) is 0 Å². The maximum atomic E-state index is 9.95. The van der Waals surface area contributed by atoms with Crippen molar-refractivity contribution in [2.45, 2.75) is 68.7 Å². The summed E-state index contributed by atoms with van der Waals surface area (Å²) in [5, 5.41) is 38.3. The number of aromatic nitrogens is 8. The molecule has 0 spiro atoms. The number of nitrogens with zero attached hydrogens (tertiary/aromatic N) is 8. The van der Waals surface area contributed by atoms with E-state index in [9.17, 15) is 15.3 Å². The molecule has 220 valence electrons. The third-order valence-corrected chi connectivity index (χ3v) is 7.14. The smallest absolute Gasteiger partial charge is 0.167 e. The van der Waals surface area contributed by atoms with Gasteiger partial charge in [0.15, 0.2) is 41.2 Å². The number of aliphatic hydroxyl groups is 4. The molecular formula is C23H30N10O8. The lowest BCUT2D eigenvalue weighted by molar-refractivity contribution is -0.199. The van der Waals surface area contributed by atoms with Gasteiger partial charge in [-0.3, -0.25) is 9.13 Å². The van der Waals surface area contributed by atoms with Crippen LogP contribution >= 0.6 is 0 Å². The highest BCUT2D eigenvalue weighted by Gasteiger charge is 2.56. The highest BCUT2D eigenvalue weighted by molar-refractivity contribution is 5.81. The molecule has 0 aliphatic carbocycles. The van der Waals surface area contributed by atoms with E-state index in [-0.39, 0.29) is 24.6 Å². The van der Waals surface area contributed by atoms with Crippen molar-refractivity contribution in [1.82, 2.24) is 39.0 Å². The number of fused-ring (bicyclic) bond motifs is 3. The van der Waals surface area contributed by atoms with Crippen LogP contribution in [0.3, 0.4) is 0 Å². The van der Waals surface area contributed by atoms with Gasteiger partial charge in [0, 0.05) is 0 Å². The van der Waals surface area contributed by atoms with E-state index in [0.717, 1.165) is 0 Å². The molecule has 3 saturated heterocycles. The number of anilines is 2. The Morgan fingerprint density at radius 2 is 1.24 bits per heavy atom. The van der Waals surface area contributed by atoms with Crippen molar-refractivity contribution in [3.05, 3.63) is 25.3 Å². The molecule has 3 aliphatic heterocycles. The first-order valence-corrected chi connectivity index (χ1v) is 12.7. The fourth-order valence-corrected chi connectivity index (χ4v) is 5.25. The van der Waals surface area contributed by atoms with Gasteiger partial charge >= 0.3 is 0 Å². The summed E-state index contributed by atoms with van der Waals surface area (Å²) in [6, 6.07) is 0. The lowest BCUT2D eigenvalue weighted by Gasteiger charge is -2.24. The number of imidazole rings is 2. The van der Waals surface area contributed by atoms with Gasteiger partial charge in [-0.25, -0.2) is 29.9 Å². The molecule has 0 bridgehead atoms. The molecule has 0 unspecified atom stereocenters. The predicted octanol–water partition coefficient (Wildman–Crippen LogP) is -2.16. The lowest BCUT2D eigenvalue weighted by atomic mass is 10.1. The fourth-order valence-electron chi connectivity index (χ4n) is 5.25. The van der Waals surface area contributed by atoms with Crippen molar-refractivity contribution in [2.75, 3.05) is 24.7 Å². The number of aliphatic hydroxyl groups excluding tert-OH is 4. The highest BCUT2D eigenvalue weighted by Crippen LogP contribution is 2.43. The first kappa shape index (κ1) is 27.5. The van der Waals surface area contributed by atoms with Crippen molar-refractivity contribution >= 4 is 34.0 Å². The molecule has 3 aliphatic rings. The Kier molecular flexibility index (Phi) is 6.94. The Bertz CT molecular complexity index is 1550. The number of hydrogen-bond acceptors (Lipinski definition) is 16. The molecule has 4 aromatic rings. The standard InChI is InChI=1S/C13H17N5O4.C10H13N5O4/c1-13(2)21-8-6(3-19)20-12(9(8)22-13)18-5-17-7-10(14)15-4-16-11(7)18;11-8-5-9(13-2-12-8)15(3-14-5)10-7(18)6(17)4(1-16)19-10/h4-6,8-9,12,19H,3H2,1-2H3,(H2,14,15,16);2-4,6-7,10,16-18H,1H2,(H2,11,12,13)/t6-,8-,9-,12-;4-,6-,7-,10-/m11/s1. The number of ether oxygens (including phenoxy) is 4. The van der Waals surface area contributed by atoms with E-state index in [1.165, 1.54) is 23.5 Å². The van der Waals surface area contributed by atoms with E-state index in [2.05, 4.69) is 29.9 Å². The quantitative estimate of drug-likeness (QED) is 0.152. The largest absolute Gasteiger partial charge is 0.394 e. The minimum Gasteiger partial charge on any atom is -0.394 e. The molecule has 18 heteroatoms. The Hall–Kier alpha value is -3.62. The zero-order valence-electron chi connectivity index (χ0n) is 22.0. The van der Waals surface area contributed by atoms with E-state index in [1.807, 2.05) is 13.8 Å². The fraction of sp³-hybridized carbons (Fsp3) is 0.565. The second-order valence-electron chi connectivity index (χ2n) is 10.2. The van der Waals surface area contributed by atoms with Crippen LogP contribution in [0.5, 0.6) is 0 Å². The Morgan fingerprint density at radius 1 is 0.732 bits per heavy atom. The third-order valence-electron chi connectivity index (χ3n) is 7.14. The first-order chi connectivity index (χ1) is 19.6. The summed E-state index contributed by atoms with van der Waals surface area (Å²) in [5.41, 5.74) is 13.3. The molecule has 7 rings (SSSR count). The summed E-state index contributed by atoms with van der Waals surface area (Å²) in [6.07, 6.45) is -0.125. The summed E-state index contributed by atoms with van der Waals surface area (Å²) < 4.78 is 26.3. The molecule has 8 N–H and O–H groups in total. The summed E-state index contributed by atoms with van der Waals surface area (Å²) in [6.45, 7) is 3.13. The second kappa shape index (κ2) is 10.3. The van der Waals surface area contributed by atoms with Crippen molar-refractivity contribution < 1.29 is 39.4 Å². The molecule has 4 aromatic heterocycles. The van der Waals surface area contributed by atoms with Crippen molar-refractivity contribution in [3.63, 3.8) is 0 Å². The molecule has 7 heterocycles. The molecule has 8 atom stereocenters. The van der Waals surface area contributed by atoms with Crippen molar-refractivity contribution in [1.29, 1.82) is 0 Å². The Morgan fingerprint density at radius 3 is 1.78 bits per heavy atom. The summed E-state index contributed by atoms with van der Waals surface area (Å²) >= 11 is 0. The van der Waals surface area contributed by atoms with Gasteiger partial charge in [0.2, 0.25) is 0 Å². The molecular weight excluding hydrogens is 544 g/mol. The van der Waals surface area contributed by atoms with Gasteiger partial charge in [-0.15, -0.1) is 0 Å². The third kappa shape index (κ3) is 4.63. The normalized spacial score (nSPS) is 32.3. The molecule has 3 fully saturated rings. The molecule has 0 amide bonds. The van der Waals surface area contributed by atoms with Gasteiger partial charge in [-0.1, -0.05) is 0 Å². The summed E-state index contributed by atoms with van der Waals surface area (Å²) in [4.78, 5) is 24.3. The van der Waals surface area contributed by atoms with E-state index in [4.69, 9.17) is 35.5 Å². The van der Waals surface area contributed by atoms with Crippen LogP contribution in [0.25, 0.3) is 22.3 Å². The molecule has 0 radical (unpaired) electrons. The molecule has 18 nitrogen and oxygen atoms in total. The van der Waals surface area contributed by atoms with Crippen LogP contribution in [0.4, 0.5) is 11.6 Å². The predicted molar refractivity (Wildman–Crippen MR) is 137 cm³/mol. The van der Waals surface area contributed by atoms with E-state index in [0.29, 0.717) is 28.1 Å². The van der Waals surface area contributed by atoms with Gasteiger partial charge in [0.1, 0.15) is 60.3 Å². The van der Waals surface area contributed by atoms with Gasteiger partial charge in [-0.05, 0) is 13.8 Å². The zero-order chi connectivity index (χ0) is 29.1. The maximum absolute atomic E-state index is 9.95. The average Bonchev–Trinajstić information content (AvgIpc) is 3.74. The number of rotatable bonds is 4. The van der Waals surface area contributed by atoms with Crippen LogP contribution in [-0.4, -0.2) is 115 Å². The van der Waals surface area contributed by atoms with Crippen LogP contribution in [0, 0.1) is 0 Å². The van der Waals surface area contributed by atoms with Gasteiger partial charge < -0.3 is 50.8 Å². The van der Waals surface area contributed by atoms with E-state index < -0.39 is 49.3 Å². The van der Waals surface area contributed by atoms with Gasteiger partial charge in [0.05, 0.1) is 25.9 Å². The first-order valence-electron chi connectivity index (χ1n) is 12.7. The van der Waals surface area contributed by atoms with Gasteiger partial charge in [-0.2, -0.15) is 0 Å². The average molecular weight is 575 g/mol. The van der Waals surface area contributed by atoms with Crippen molar-refractivity contribution in [3.8, 4) is 0 Å². The van der Waals surface area contributed by atoms with Crippen LogP contribution in [0.15, 0.2) is 25.3 Å². The van der Waals surface area contributed by atoms with E-state index >= 15 is 0 Å². The number of nitrogen functional groups attached to an aromatic ring is 2. The maximum Gasteiger partial charge on any atom is 0.167 e. The Labute approximate surface area is 231 Å². The van der Waals surface area contributed by atoms with Crippen LogP contribution < -0.4 is 11.5 Å². The van der Waals surface area contributed by atoms with Gasteiger partial charge in [0.25, 0.3) is 0 Å². The topological polar surface area (TPSA) is 257 Å². The SMILES string of the molecule is CC1(C)O[C@@H]2[C@H](O1)[C@@H](CO)O[C@H]2n1cnc2c(N)ncnc21.Nc1ncnc2c1ncn2[C@@H]1O[C@H](CO)[C@@H](O)[C@H]1O. The monoisotopic (exact) mass is 574 g/mol. The van der Waals surface area contributed by atoms with Crippen LogP contribution in [0.2, 0.25) is 0 Å². The number of hydrogen-bond donors (Lipinski definition) is 6. The minimum atomic E-state index is -1.19. The minimum absolute atomic E-state index is 0.152. The molecule has 41 heavy (non-hydrogen) atoms. The molecule has 0 aromatic carbocycles. The second-order valence-corrected chi connectivity index (χ2v) is 10.2. The Balaban J connectivity index is 0.000000149. The van der Waals surface area contributed by atoms with E-state index in [1.54, 1.807) is 10.9 Å². The van der Waals surface area contributed by atoms with Crippen LogP contribution in [0.1, 0.15) is 26.3 Å². The summed E-state index contributed by atoms with van der Waals surface area (Å²) in [7, 11) is 0. The van der Waals surface area contributed by atoms with Crippen LogP contribution in [-0.2, 0) is 18.9 Å². The molecule has 0 saturated carbocycles. The zero-order valence-corrected chi connectivity index (χ0v) is 22.0. The number of nitrogens with two attached hydrogens (primary N) is 2. The lowest BCUT2D eigenvalue weighted by Crippen LogP contribution is -2.33. The summed E-state index contributed by atoms with van der Waals surface area (Å²) in [5.74, 6) is -0.203. The highest BCUT2D eigenvalue weighted by atomic mass is 16.8.